The number of carboxylic acids is 1. The van der Waals surface area contributed by atoms with Crippen LogP contribution in [0.2, 0.25) is 0 Å². The summed E-state index contributed by atoms with van der Waals surface area (Å²) in [7, 11) is 0. The molecule has 1 saturated heterocycles. The zero-order chi connectivity index (χ0) is 13.9. The average molecular weight is 259 g/mol. The van der Waals surface area contributed by atoms with Crippen LogP contribution < -0.4 is 4.90 Å². The Kier molecular flexibility index (Phi) is 2.15. The first-order chi connectivity index (χ1) is 8.85. The Labute approximate surface area is 109 Å². The standard InChI is InChI=1S/C14H13NO4/c1-14(2)9-10(14)12(17)15(11(9)16)8-5-3-4-7(6-8)13(18)19/h3-6,9-10H,1-2H3,(H,18,19). The zero-order valence-electron chi connectivity index (χ0n) is 10.6. The second kappa shape index (κ2) is 3.44. The molecule has 1 aromatic rings. The van der Waals surface area contributed by atoms with Crippen LogP contribution in [-0.2, 0) is 9.59 Å². The van der Waals surface area contributed by atoms with Crippen LogP contribution in [0.3, 0.4) is 0 Å². The fraction of sp³-hybridized carbons (Fsp3) is 0.357. The number of amides is 2. The van der Waals surface area contributed by atoms with Crippen LogP contribution in [-0.4, -0.2) is 22.9 Å². The van der Waals surface area contributed by atoms with E-state index in [1.54, 1.807) is 6.07 Å². The molecule has 1 N–H and O–H groups in total. The summed E-state index contributed by atoms with van der Waals surface area (Å²) in [5, 5.41) is 8.94. The highest BCUT2D eigenvalue weighted by molar-refractivity contribution is 6.25. The number of aromatic carboxylic acids is 1. The van der Waals surface area contributed by atoms with E-state index in [0.717, 1.165) is 4.90 Å². The van der Waals surface area contributed by atoms with Gasteiger partial charge in [0.05, 0.1) is 23.1 Å². The summed E-state index contributed by atoms with van der Waals surface area (Å²) in [5.74, 6) is -2.03. The summed E-state index contributed by atoms with van der Waals surface area (Å²) in [4.78, 5) is 36.5. The first kappa shape index (κ1) is 11.9. The monoisotopic (exact) mass is 259 g/mol. The molecule has 2 aliphatic rings. The number of anilines is 1. The summed E-state index contributed by atoms with van der Waals surface area (Å²) in [5.41, 5.74) is 0.158. The number of rotatable bonds is 2. The molecule has 3 rings (SSSR count). The quantitative estimate of drug-likeness (QED) is 0.817. The van der Waals surface area contributed by atoms with Crippen molar-refractivity contribution in [2.45, 2.75) is 13.8 Å². The highest BCUT2D eigenvalue weighted by Gasteiger charge is 2.72. The van der Waals surface area contributed by atoms with Crippen LogP contribution >= 0.6 is 0 Å². The average Bonchev–Trinajstić information content (AvgIpc) is 2.79. The molecular weight excluding hydrogens is 246 g/mol. The Morgan fingerprint density at radius 2 is 1.79 bits per heavy atom. The van der Waals surface area contributed by atoms with Gasteiger partial charge in [-0.1, -0.05) is 19.9 Å². The molecule has 2 unspecified atom stereocenters. The van der Waals surface area contributed by atoms with Crippen LogP contribution in [0.5, 0.6) is 0 Å². The maximum atomic E-state index is 12.2. The molecule has 98 valence electrons. The van der Waals surface area contributed by atoms with Crippen molar-refractivity contribution in [2.24, 2.45) is 17.3 Å². The van der Waals surface area contributed by atoms with Crippen LogP contribution in [0.4, 0.5) is 5.69 Å². The number of fused-ring (bicyclic) bond motifs is 1. The van der Waals surface area contributed by atoms with Gasteiger partial charge in [0.25, 0.3) is 0 Å². The third-order valence-corrected chi connectivity index (χ3v) is 4.15. The van der Waals surface area contributed by atoms with E-state index >= 15 is 0 Å². The van der Waals surface area contributed by atoms with E-state index in [1.807, 2.05) is 13.8 Å². The molecule has 1 aliphatic heterocycles. The van der Waals surface area contributed by atoms with Crippen LogP contribution in [0, 0.1) is 17.3 Å². The molecule has 0 radical (unpaired) electrons. The van der Waals surface area contributed by atoms with E-state index in [4.69, 9.17) is 5.11 Å². The molecule has 1 heterocycles. The number of hydrogen-bond donors (Lipinski definition) is 1. The Morgan fingerprint density at radius 1 is 1.21 bits per heavy atom. The van der Waals surface area contributed by atoms with Gasteiger partial charge in [-0.3, -0.25) is 9.59 Å². The van der Waals surface area contributed by atoms with E-state index in [2.05, 4.69) is 0 Å². The second-order valence-corrected chi connectivity index (χ2v) is 5.64. The fourth-order valence-corrected chi connectivity index (χ4v) is 2.98. The molecule has 1 aromatic carbocycles. The molecule has 1 saturated carbocycles. The van der Waals surface area contributed by atoms with Crippen molar-refractivity contribution < 1.29 is 19.5 Å². The van der Waals surface area contributed by atoms with E-state index in [-0.39, 0.29) is 34.6 Å². The molecule has 2 amide bonds. The lowest BCUT2D eigenvalue weighted by atomic mass is 10.0. The molecule has 0 spiro atoms. The van der Waals surface area contributed by atoms with Gasteiger partial charge in [-0.05, 0) is 23.6 Å². The maximum Gasteiger partial charge on any atom is 0.335 e. The molecule has 5 heteroatoms. The number of imide groups is 1. The summed E-state index contributed by atoms with van der Waals surface area (Å²) in [6, 6.07) is 5.91. The van der Waals surface area contributed by atoms with Crippen molar-refractivity contribution in [3.8, 4) is 0 Å². The van der Waals surface area contributed by atoms with Gasteiger partial charge in [-0.25, -0.2) is 9.69 Å². The van der Waals surface area contributed by atoms with Gasteiger partial charge in [0.15, 0.2) is 0 Å². The zero-order valence-corrected chi connectivity index (χ0v) is 10.6. The third kappa shape index (κ3) is 1.44. The Bertz CT molecular complexity index is 596. The summed E-state index contributed by atoms with van der Waals surface area (Å²) in [6.07, 6.45) is 0. The Balaban J connectivity index is 1.97. The fourth-order valence-electron chi connectivity index (χ4n) is 2.98. The Hall–Kier alpha value is -2.17. The molecule has 5 nitrogen and oxygen atoms in total. The van der Waals surface area contributed by atoms with E-state index < -0.39 is 5.97 Å². The van der Waals surface area contributed by atoms with Gasteiger partial charge in [0.1, 0.15) is 0 Å². The van der Waals surface area contributed by atoms with Crippen molar-refractivity contribution in [1.82, 2.24) is 0 Å². The van der Waals surface area contributed by atoms with Gasteiger partial charge in [0, 0.05) is 0 Å². The number of hydrogen-bond acceptors (Lipinski definition) is 3. The number of benzene rings is 1. The maximum absolute atomic E-state index is 12.2. The van der Waals surface area contributed by atoms with Crippen LogP contribution in [0.1, 0.15) is 24.2 Å². The van der Waals surface area contributed by atoms with Crippen molar-refractivity contribution >= 4 is 23.5 Å². The molecule has 2 fully saturated rings. The predicted molar refractivity (Wildman–Crippen MR) is 66.7 cm³/mol. The first-order valence-electron chi connectivity index (χ1n) is 6.07. The predicted octanol–water partition coefficient (Wildman–Crippen LogP) is 1.53. The summed E-state index contributed by atoms with van der Waals surface area (Å²) in [6.45, 7) is 3.81. The minimum Gasteiger partial charge on any atom is -0.478 e. The first-order valence-corrected chi connectivity index (χ1v) is 6.07. The summed E-state index contributed by atoms with van der Waals surface area (Å²) < 4.78 is 0. The lowest BCUT2D eigenvalue weighted by molar-refractivity contribution is -0.125. The van der Waals surface area contributed by atoms with E-state index in [9.17, 15) is 14.4 Å². The molecule has 19 heavy (non-hydrogen) atoms. The second-order valence-electron chi connectivity index (χ2n) is 5.64. The molecule has 2 atom stereocenters. The largest absolute Gasteiger partial charge is 0.478 e. The van der Waals surface area contributed by atoms with Gasteiger partial charge in [-0.2, -0.15) is 0 Å². The number of carboxylic acid groups (broad SMARTS) is 1. The van der Waals surface area contributed by atoms with Crippen molar-refractivity contribution in [1.29, 1.82) is 0 Å². The Morgan fingerprint density at radius 3 is 2.32 bits per heavy atom. The topological polar surface area (TPSA) is 74.7 Å². The summed E-state index contributed by atoms with van der Waals surface area (Å²) >= 11 is 0. The molecule has 1 aliphatic carbocycles. The lowest BCUT2D eigenvalue weighted by Gasteiger charge is -2.20. The van der Waals surface area contributed by atoms with Crippen LogP contribution in [0.25, 0.3) is 0 Å². The normalized spacial score (nSPS) is 27.4. The van der Waals surface area contributed by atoms with Gasteiger partial charge >= 0.3 is 5.97 Å². The smallest absolute Gasteiger partial charge is 0.335 e. The van der Waals surface area contributed by atoms with Gasteiger partial charge < -0.3 is 5.11 Å². The SMILES string of the molecule is CC1(C)C2C(=O)N(c3cccc(C(=O)O)c3)C(=O)C21. The molecule has 0 bridgehead atoms. The van der Waals surface area contributed by atoms with E-state index in [0.29, 0.717) is 5.69 Å². The number of nitrogens with zero attached hydrogens (tertiary/aromatic N) is 1. The minimum atomic E-state index is -1.08. The highest BCUT2D eigenvalue weighted by atomic mass is 16.4. The number of carbonyl (C=O) groups is 3. The lowest BCUT2D eigenvalue weighted by Crippen LogP contribution is -2.36. The van der Waals surface area contributed by atoms with Gasteiger partial charge in [0.2, 0.25) is 11.8 Å². The number of carbonyl (C=O) groups excluding carboxylic acids is 2. The minimum absolute atomic E-state index is 0.0675. The van der Waals surface area contributed by atoms with E-state index in [1.165, 1.54) is 18.2 Å². The highest BCUT2D eigenvalue weighted by Crippen LogP contribution is 2.63. The molecule has 0 aromatic heterocycles. The molecular formula is C14H13NO4. The van der Waals surface area contributed by atoms with Crippen molar-refractivity contribution in [3.63, 3.8) is 0 Å². The van der Waals surface area contributed by atoms with Crippen molar-refractivity contribution in [2.75, 3.05) is 4.90 Å². The van der Waals surface area contributed by atoms with Gasteiger partial charge in [-0.15, -0.1) is 0 Å². The van der Waals surface area contributed by atoms with Crippen molar-refractivity contribution in [3.05, 3.63) is 29.8 Å². The van der Waals surface area contributed by atoms with Crippen LogP contribution in [0.15, 0.2) is 24.3 Å². The third-order valence-electron chi connectivity index (χ3n) is 4.15. The number of piperidine rings is 1.